The number of hydrogen-bond acceptors (Lipinski definition) is 6. The van der Waals surface area contributed by atoms with E-state index in [1.54, 1.807) is 0 Å². The summed E-state index contributed by atoms with van der Waals surface area (Å²) in [6.45, 7) is 10.5. The van der Waals surface area contributed by atoms with Crippen LogP contribution in [0.25, 0.3) is 0 Å². The lowest BCUT2D eigenvalue weighted by atomic mass is 9.78. The molecule has 2 aliphatic rings. The minimum Gasteiger partial charge on any atom is -0.491 e. The quantitative estimate of drug-likeness (QED) is 0.314. The fraction of sp³-hybridized carbons (Fsp3) is 0.364. The molecule has 2 unspecified atom stereocenters. The van der Waals surface area contributed by atoms with E-state index in [2.05, 4.69) is 22.8 Å². The molecule has 3 aromatic rings. The van der Waals surface area contributed by atoms with E-state index in [0.717, 1.165) is 45.9 Å². The number of para-hydroxylation sites is 2. The zero-order chi connectivity index (χ0) is 27.5. The molecular weight excluding hydrogens is 488 g/mol. The lowest BCUT2D eigenvalue weighted by Crippen LogP contribution is -2.27. The summed E-state index contributed by atoms with van der Waals surface area (Å²) in [6, 6.07) is 21.9. The second-order valence-corrected chi connectivity index (χ2v) is 10.7. The summed E-state index contributed by atoms with van der Waals surface area (Å²) in [5, 5.41) is 7.28. The molecule has 3 aromatic carbocycles. The first kappa shape index (κ1) is 26.7. The Bertz CT molecular complexity index is 1360. The van der Waals surface area contributed by atoms with Crippen molar-refractivity contribution >= 4 is 17.2 Å². The number of ketones is 1. The first-order valence-corrected chi connectivity index (χ1v) is 13.9. The van der Waals surface area contributed by atoms with Gasteiger partial charge in [-0.3, -0.25) is 4.79 Å². The standard InChI is InChI=1S/C33H38N2O4/c1-6-37-31-19-23(13-16-30(31)39-21(4)5)33-32-28(34-26-9-7-8-10-27(26)35-33)17-24(18-29(32)36)22-11-14-25(15-12-22)38-20(2)3/h7-16,19-21,24,33-35H,6,17-18H2,1-5H3. The van der Waals surface area contributed by atoms with Gasteiger partial charge in [0.2, 0.25) is 0 Å². The molecule has 0 radical (unpaired) electrons. The molecule has 0 spiro atoms. The van der Waals surface area contributed by atoms with Crippen molar-refractivity contribution in [3.63, 3.8) is 0 Å². The van der Waals surface area contributed by atoms with Crippen LogP contribution >= 0.6 is 0 Å². The number of nitrogens with one attached hydrogen (secondary N) is 2. The van der Waals surface area contributed by atoms with E-state index in [1.807, 2.05) is 89.2 Å². The van der Waals surface area contributed by atoms with Crippen molar-refractivity contribution in [1.82, 2.24) is 0 Å². The minimum absolute atomic E-state index is 0.0271. The normalized spacial score (nSPS) is 18.6. The van der Waals surface area contributed by atoms with Crippen molar-refractivity contribution in [3.05, 3.63) is 89.1 Å². The average molecular weight is 527 g/mol. The number of Topliss-reactive ketones (excluding diaryl/α,β-unsaturated/α-hetero) is 1. The average Bonchev–Trinajstić information content (AvgIpc) is 3.06. The molecule has 6 heteroatoms. The molecule has 0 fully saturated rings. The Hall–Kier alpha value is -3.93. The Morgan fingerprint density at radius 2 is 1.51 bits per heavy atom. The molecule has 0 amide bonds. The van der Waals surface area contributed by atoms with Crippen LogP contribution in [0.5, 0.6) is 17.2 Å². The van der Waals surface area contributed by atoms with Gasteiger partial charge in [-0.2, -0.15) is 0 Å². The maximum absolute atomic E-state index is 13.9. The first-order chi connectivity index (χ1) is 18.8. The smallest absolute Gasteiger partial charge is 0.163 e. The molecule has 204 valence electrons. The van der Waals surface area contributed by atoms with Crippen molar-refractivity contribution in [3.8, 4) is 17.2 Å². The fourth-order valence-electron chi connectivity index (χ4n) is 5.39. The summed E-state index contributed by atoms with van der Waals surface area (Å²) < 4.78 is 17.8. The van der Waals surface area contributed by atoms with Gasteiger partial charge in [-0.05, 0) is 94.5 Å². The Morgan fingerprint density at radius 3 is 2.21 bits per heavy atom. The van der Waals surface area contributed by atoms with E-state index in [0.29, 0.717) is 24.5 Å². The Morgan fingerprint density at radius 1 is 0.821 bits per heavy atom. The van der Waals surface area contributed by atoms with Crippen LogP contribution in [0.4, 0.5) is 11.4 Å². The van der Waals surface area contributed by atoms with Crippen LogP contribution in [0.15, 0.2) is 78.0 Å². The lowest BCUT2D eigenvalue weighted by molar-refractivity contribution is -0.116. The minimum atomic E-state index is -0.321. The Labute approximate surface area is 231 Å². The van der Waals surface area contributed by atoms with Crippen molar-refractivity contribution < 1.29 is 19.0 Å². The molecule has 0 saturated heterocycles. The molecule has 0 aromatic heterocycles. The maximum atomic E-state index is 13.9. The van der Waals surface area contributed by atoms with Crippen molar-refractivity contribution in [2.75, 3.05) is 17.2 Å². The van der Waals surface area contributed by atoms with Gasteiger partial charge in [-0.1, -0.05) is 30.3 Å². The molecule has 0 saturated carbocycles. The number of rotatable bonds is 8. The monoisotopic (exact) mass is 526 g/mol. The van der Waals surface area contributed by atoms with Gasteiger partial charge in [0.1, 0.15) is 5.75 Å². The summed E-state index contributed by atoms with van der Waals surface area (Å²) in [5.74, 6) is 2.46. The maximum Gasteiger partial charge on any atom is 0.163 e. The zero-order valence-electron chi connectivity index (χ0n) is 23.4. The summed E-state index contributed by atoms with van der Waals surface area (Å²) in [5.41, 5.74) is 5.76. The van der Waals surface area contributed by atoms with Gasteiger partial charge in [-0.15, -0.1) is 0 Å². The lowest BCUT2D eigenvalue weighted by Gasteiger charge is -2.30. The van der Waals surface area contributed by atoms with Crippen LogP contribution in [0.3, 0.4) is 0 Å². The van der Waals surface area contributed by atoms with Crippen molar-refractivity contribution in [1.29, 1.82) is 0 Å². The fourth-order valence-corrected chi connectivity index (χ4v) is 5.39. The summed E-state index contributed by atoms with van der Waals surface area (Å²) in [4.78, 5) is 13.9. The topological polar surface area (TPSA) is 68.8 Å². The Balaban J connectivity index is 1.53. The van der Waals surface area contributed by atoms with Crippen LogP contribution in [-0.4, -0.2) is 24.6 Å². The van der Waals surface area contributed by atoms with Gasteiger partial charge >= 0.3 is 0 Å². The zero-order valence-corrected chi connectivity index (χ0v) is 23.4. The third-order valence-corrected chi connectivity index (χ3v) is 7.00. The van der Waals surface area contributed by atoms with Crippen LogP contribution < -0.4 is 24.8 Å². The largest absolute Gasteiger partial charge is 0.491 e. The summed E-state index contributed by atoms with van der Waals surface area (Å²) >= 11 is 0. The number of anilines is 2. The van der Waals surface area contributed by atoms with Crippen LogP contribution in [0, 0.1) is 0 Å². The third-order valence-electron chi connectivity index (χ3n) is 7.00. The van der Waals surface area contributed by atoms with Crippen LogP contribution in [-0.2, 0) is 4.79 Å². The number of allylic oxidation sites excluding steroid dienone is 1. The van der Waals surface area contributed by atoms with Gasteiger partial charge in [0.05, 0.1) is 36.2 Å². The predicted molar refractivity (Wildman–Crippen MR) is 156 cm³/mol. The SMILES string of the molecule is CCOc1cc(C2Nc3ccccc3NC3=C2C(=O)CC(c2ccc(OC(C)C)cc2)C3)ccc1OC(C)C. The predicted octanol–water partition coefficient (Wildman–Crippen LogP) is 7.64. The van der Waals surface area contributed by atoms with Gasteiger partial charge < -0.3 is 24.8 Å². The van der Waals surface area contributed by atoms with Crippen LogP contribution in [0.1, 0.15) is 70.5 Å². The molecule has 2 N–H and O–H groups in total. The number of ether oxygens (including phenoxy) is 3. The van der Waals surface area contributed by atoms with E-state index < -0.39 is 0 Å². The first-order valence-electron chi connectivity index (χ1n) is 13.9. The molecule has 39 heavy (non-hydrogen) atoms. The number of carbonyl (C=O) groups excluding carboxylic acids is 1. The highest BCUT2D eigenvalue weighted by Crippen LogP contribution is 2.45. The molecule has 1 heterocycles. The highest BCUT2D eigenvalue weighted by molar-refractivity contribution is 6.01. The number of benzene rings is 3. The van der Waals surface area contributed by atoms with Gasteiger partial charge in [0.25, 0.3) is 0 Å². The molecule has 5 rings (SSSR count). The summed E-state index contributed by atoms with van der Waals surface area (Å²) in [6.07, 6.45) is 1.34. The highest BCUT2D eigenvalue weighted by Gasteiger charge is 2.36. The van der Waals surface area contributed by atoms with Crippen LogP contribution in [0.2, 0.25) is 0 Å². The van der Waals surface area contributed by atoms with E-state index in [4.69, 9.17) is 14.2 Å². The molecule has 1 aliphatic heterocycles. The second kappa shape index (κ2) is 11.4. The van der Waals surface area contributed by atoms with E-state index in [9.17, 15) is 4.79 Å². The number of fused-ring (bicyclic) bond motifs is 1. The van der Waals surface area contributed by atoms with E-state index in [1.165, 1.54) is 0 Å². The third kappa shape index (κ3) is 5.90. The van der Waals surface area contributed by atoms with Crippen molar-refractivity contribution in [2.45, 2.75) is 71.6 Å². The molecule has 1 aliphatic carbocycles. The number of carbonyl (C=O) groups is 1. The van der Waals surface area contributed by atoms with Gasteiger partial charge in [0.15, 0.2) is 17.3 Å². The van der Waals surface area contributed by atoms with Crippen molar-refractivity contribution in [2.24, 2.45) is 0 Å². The number of hydrogen-bond donors (Lipinski definition) is 2. The van der Waals surface area contributed by atoms with Gasteiger partial charge in [0, 0.05) is 17.7 Å². The summed E-state index contributed by atoms with van der Waals surface area (Å²) in [7, 11) is 0. The molecular formula is C33H38N2O4. The molecule has 6 nitrogen and oxygen atoms in total. The van der Waals surface area contributed by atoms with E-state index >= 15 is 0 Å². The molecule has 0 bridgehead atoms. The Kier molecular flexibility index (Phi) is 7.82. The highest BCUT2D eigenvalue weighted by atomic mass is 16.5. The molecule has 2 atom stereocenters. The van der Waals surface area contributed by atoms with Gasteiger partial charge in [-0.25, -0.2) is 0 Å². The second-order valence-electron chi connectivity index (χ2n) is 10.7. The van der Waals surface area contributed by atoms with E-state index in [-0.39, 0.29) is 30.0 Å².